The van der Waals surface area contributed by atoms with Crippen molar-refractivity contribution in [2.24, 2.45) is 11.8 Å². The van der Waals surface area contributed by atoms with Crippen molar-refractivity contribution in [2.75, 3.05) is 13.2 Å². The summed E-state index contributed by atoms with van der Waals surface area (Å²) in [7, 11) is 0. The maximum absolute atomic E-state index is 11.7. The van der Waals surface area contributed by atoms with E-state index in [2.05, 4.69) is 0 Å². The molecule has 14 heavy (non-hydrogen) atoms. The highest BCUT2D eigenvalue weighted by Crippen LogP contribution is 2.34. The Labute approximate surface area is 82.2 Å². The number of imide groups is 1. The molecule has 4 nitrogen and oxygen atoms in total. The van der Waals surface area contributed by atoms with Crippen molar-refractivity contribution in [1.29, 1.82) is 0 Å². The zero-order chi connectivity index (χ0) is 10.1. The Morgan fingerprint density at radius 1 is 1.21 bits per heavy atom. The van der Waals surface area contributed by atoms with E-state index in [9.17, 15) is 9.59 Å². The van der Waals surface area contributed by atoms with Crippen LogP contribution in [0, 0.1) is 11.8 Å². The second-order valence-electron chi connectivity index (χ2n) is 3.71. The number of nitrogens with zero attached hydrogens (tertiary/aromatic N) is 1. The molecule has 0 unspecified atom stereocenters. The van der Waals surface area contributed by atoms with Gasteiger partial charge in [-0.3, -0.25) is 14.5 Å². The monoisotopic (exact) mass is 195 g/mol. The first kappa shape index (κ1) is 9.40. The van der Waals surface area contributed by atoms with E-state index in [1.807, 2.05) is 12.2 Å². The van der Waals surface area contributed by atoms with E-state index in [0.717, 1.165) is 0 Å². The second-order valence-corrected chi connectivity index (χ2v) is 3.71. The van der Waals surface area contributed by atoms with Crippen molar-refractivity contribution in [1.82, 2.24) is 4.90 Å². The number of carbonyl (C=O) groups excluding carboxylic acids is 2. The summed E-state index contributed by atoms with van der Waals surface area (Å²) in [5.41, 5.74) is 0. The summed E-state index contributed by atoms with van der Waals surface area (Å²) in [5.74, 6) is -0.560. The van der Waals surface area contributed by atoms with Crippen molar-refractivity contribution < 1.29 is 14.7 Å². The van der Waals surface area contributed by atoms with Gasteiger partial charge >= 0.3 is 0 Å². The van der Waals surface area contributed by atoms with E-state index in [1.54, 1.807) is 0 Å². The summed E-state index contributed by atoms with van der Waals surface area (Å²) in [4.78, 5) is 24.6. The van der Waals surface area contributed by atoms with Crippen molar-refractivity contribution in [2.45, 2.75) is 12.8 Å². The van der Waals surface area contributed by atoms with Crippen LogP contribution in [0.4, 0.5) is 0 Å². The summed E-state index contributed by atoms with van der Waals surface area (Å²) >= 11 is 0. The molecule has 2 atom stereocenters. The minimum absolute atomic E-state index is 0.113. The van der Waals surface area contributed by atoms with Gasteiger partial charge in [-0.05, 0) is 12.8 Å². The number of rotatable bonds is 2. The number of fused-ring (bicyclic) bond motifs is 1. The van der Waals surface area contributed by atoms with Gasteiger partial charge in [0.15, 0.2) is 0 Å². The van der Waals surface area contributed by atoms with Crippen LogP contribution in [0.15, 0.2) is 12.2 Å². The van der Waals surface area contributed by atoms with Gasteiger partial charge in [-0.2, -0.15) is 0 Å². The summed E-state index contributed by atoms with van der Waals surface area (Å²) in [5, 5.41) is 8.73. The van der Waals surface area contributed by atoms with Crippen LogP contribution in [0.1, 0.15) is 12.8 Å². The van der Waals surface area contributed by atoms with Gasteiger partial charge in [0.1, 0.15) is 0 Å². The zero-order valence-electron chi connectivity index (χ0n) is 7.85. The Balaban J connectivity index is 2.19. The molecule has 2 amide bonds. The molecule has 1 heterocycles. The molecule has 1 N–H and O–H groups in total. The zero-order valence-corrected chi connectivity index (χ0v) is 7.85. The number of aliphatic hydroxyl groups excluding tert-OH is 1. The van der Waals surface area contributed by atoms with Crippen molar-refractivity contribution in [3.63, 3.8) is 0 Å². The molecule has 0 spiro atoms. The van der Waals surface area contributed by atoms with E-state index in [-0.39, 0.29) is 36.8 Å². The largest absolute Gasteiger partial charge is 0.395 e. The Bertz CT molecular complexity index is 272. The van der Waals surface area contributed by atoms with Crippen molar-refractivity contribution in [3.8, 4) is 0 Å². The lowest BCUT2D eigenvalue weighted by atomic mass is 9.85. The van der Waals surface area contributed by atoms with Gasteiger partial charge in [0.2, 0.25) is 11.8 Å². The summed E-state index contributed by atoms with van der Waals surface area (Å²) in [6.07, 6.45) is 5.23. The number of hydrogen-bond acceptors (Lipinski definition) is 3. The third-order valence-electron chi connectivity index (χ3n) is 2.92. The van der Waals surface area contributed by atoms with Crippen LogP contribution in [0.5, 0.6) is 0 Å². The highest BCUT2D eigenvalue weighted by atomic mass is 16.3. The smallest absolute Gasteiger partial charge is 0.233 e. The summed E-state index contributed by atoms with van der Waals surface area (Å²) in [6, 6.07) is 0. The number of likely N-dealkylation sites (tertiary alicyclic amines) is 1. The number of β-amino-alcohol motifs (C(OH)–C–C–N with tert-alkyl or cyclic N) is 1. The van der Waals surface area contributed by atoms with Gasteiger partial charge in [-0.25, -0.2) is 0 Å². The molecule has 2 rings (SSSR count). The molecule has 1 fully saturated rings. The number of amides is 2. The van der Waals surface area contributed by atoms with Crippen LogP contribution in [0.2, 0.25) is 0 Å². The molecule has 0 radical (unpaired) electrons. The molecule has 4 heteroatoms. The Hall–Kier alpha value is -1.16. The van der Waals surface area contributed by atoms with Crippen LogP contribution in [-0.4, -0.2) is 35.0 Å². The number of hydrogen-bond donors (Lipinski definition) is 1. The van der Waals surface area contributed by atoms with Crippen LogP contribution in [0.3, 0.4) is 0 Å². The third kappa shape index (κ3) is 1.26. The number of carbonyl (C=O) groups is 2. The molecule has 1 aliphatic heterocycles. The highest BCUT2D eigenvalue weighted by Gasteiger charge is 2.46. The Kier molecular flexibility index (Phi) is 2.37. The normalized spacial score (nSPS) is 31.1. The first-order chi connectivity index (χ1) is 6.75. The van der Waals surface area contributed by atoms with E-state index in [0.29, 0.717) is 12.8 Å². The molecule has 2 aliphatic rings. The molecule has 0 bridgehead atoms. The fraction of sp³-hybridized carbons (Fsp3) is 0.600. The van der Waals surface area contributed by atoms with Gasteiger partial charge in [0, 0.05) is 0 Å². The van der Waals surface area contributed by atoms with Gasteiger partial charge in [-0.15, -0.1) is 0 Å². The van der Waals surface area contributed by atoms with E-state index >= 15 is 0 Å². The molecule has 1 aliphatic carbocycles. The lowest BCUT2D eigenvalue weighted by Gasteiger charge is -2.14. The molecular weight excluding hydrogens is 182 g/mol. The maximum Gasteiger partial charge on any atom is 0.233 e. The molecule has 0 saturated carbocycles. The highest BCUT2D eigenvalue weighted by molar-refractivity contribution is 6.05. The molecular formula is C10H13NO3. The second kappa shape index (κ2) is 3.53. The maximum atomic E-state index is 11.7. The molecule has 1 saturated heterocycles. The van der Waals surface area contributed by atoms with Gasteiger partial charge in [0.05, 0.1) is 25.0 Å². The third-order valence-corrected chi connectivity index (χ3v) is 2.92. The van der Waals surface area contributed by atoms with Crippen molar-refractivity contribution >= 4 is 11.8 Å². The van der Waals surface area contributed by atoms with E-state index in [1.165, 1.54) is 4.90 Å². The minimum atomic E-state index is -0.168. The SMILES string of the molecule is O=C1[C@H]2CC=CC[C@@H]2C(=O)N1CCO. The Morgan fingerprint density at radius 3 is 2.14 bits per heavy atom. The van der Waals surface area contributed by atoms with Crippen LogP contribution < -0.4 is 0 Å². The van der Waals surface area contributed by atoms with Crippen LogP contribution in [-0.2, 0) is 9.59 Å². The van der Waals surface area contributed by atoms with E-state index in [4.69, 9.17) is 5.11 Å². The topological polar surface area (TPSA) is 57.6 Å². The molecule has 76 valence electrons. The fourth-order valence-corrected chi connectivity index (χ4v) is 2.19. The molecule has 0 aromatic carbocycles. The first-order valence-electron chi connectivity index (χ1n) is 4.86. The predicted octanol–water partition coefficient (Wildman–Crippen LogP) is -0.0701. The van der Waals surface area contributed by atoms with Gasteiger partial charge < -0.3 is 5.11 Å². The fourth-order valence-electron chi connectivity index (χ4n) is 2.19. The first-order valence-corrected chi connectivity index (χ1v) is 4.86. The van der Waals surface area contributed by atoms with Crippen LogP contribution >= 0.6 is 0 Å². The van der Waals surface area contributed by atoms with E-state index < -0.39 is 0 Å². The minimum Gasteiger partial charge on any atom is -0.395 e. The standard InChI is InChI=1S/C10H13NO3/c12-6-5-11-9(13)7-3-1-2-4-8(7)10(11)14/h1-2,7-8,12H,3-6H2/t7-,8-/m0/s1. The summed E-state index contributed by atoms with van der Waals surface area (Å²) in [6.45, 7) is -0.00495. The number of aliphatic hydroxyl groups is 1. The molecule has 0 aromatic heterocycles. The average molecular weight is 195 g/mol. The van der Waals surface area contributed by atoms with Gasteiger partial charge in [-0.1, -0.05) is 12.2 Å². The van der Waals surface area contributed by atoms with Gasteiger partial charge in [0.25, 0.3) is 0 Å². The van der Waals surface area contributed by atoms with Crippen LogP contribution in [0.25, 0.3) is 0 Å². The molecule has 0 aromatic rings. The quantitative estimate of drug-likeness (QED) is 0.495. The lowest BCUT2D eigenvalue weighted by molar-refractivity contribution is -0.140. The summed E-state index contributed by atoms with van der Waals surface area (Å²) < 4.78 is 0. The van der Waals surface area contributed by atoms with Crippen molar-refractivity contribution in [3.05, 3.63) is 12.2 Å². The average Bonchev–Trinajstić information content (AvgIpc) is 2.45. The predicted molar refractivity (Wildman–Crippen MR) is 49.2 cm³/mol. The number of allylic oxidation sites excluding steroid dienone is 2. The Morgan fingerprint density at radius 2 is 1.71 bits per heavy atom. The lowest BCUT2D eigenvalue weighted by Crippen LogP contribution is -2.33.